The molecule has 1 heterocycles. The van der Waals surface area contributed by atoms with Gasteiger partial charge in [-0.2, -0.15) is 0 Å². The van der Waals surface area contributed by atoms with Crippen LogP contribution in [0.5, 0.6) is 0 Å². The zero-order valence-electron chi connectivity index (χ0n) is 10.7. The number of rotatable bonds is 5. The lowest BCUT2D eigenvalue weighted by atomic mass is 9.97. The summed E-state index contributed by atoms with van der Waals surface area (Å²) in [4.78, 5) is 12.7. The van der Waals surface area contributed by atoms with Gasteiger partial charge in [0.15, 0.2) is 0 Å². The minimum Gasteiger partial charge on any atom is -0.351 e. The van der Waals surface area contributed by atoms with Crippen LogP contribution in [0, 0.1) is 0 Å². The highest BCUT2D eigenvalue weighted by molar-refractivity contribution is 8.00. The average molecular weight is 281 g/mol. The largest absolute Gasteiger partial charge is 0.351 e. The van der Waals surface area contributed by atoms with E-state index in [-0.39, 0.29) is 5.91 Å². The SMILES string of the molecule is CSc1ccc(C(=O)NCCC2=CCCCC2)s1. The molecule has 1 aliphatic rings. The van der Waals surface area contributed by atoms with Crippen molar-refractivity contribution in [3.8, 4) is 0 Å². The van der Waals surface area contributed by atoms with Crippen LogP contribution in [0.15, 0.2) is 28.0 Å². The van der Waals surface area contributed by atoms with Crippen molar-refractivity contribution in [1.29, 1.82) is 0 Å². The molecule has 0 unspecified atom stereocenters. The quantitative estimate of drug-likeness (QED) is 0.650. The molecule has 1 N–H and O–H groups in total. The molecular weight excluding hydrogens is 262 g/mol. The molecule has 1 aliphatic carbocycles. The maximum Gasteiger partial charge on any atom is 0.261 e. The van der Waals surface area contributed by atoms with Gasteiger partial charge < -0.3 is 5.32 Å². The molecule has 1 aromatic rings. The summed E-state index contributed by atoms with van der Waals surface area (Å²) in [6.07, 6.45) is 10.4. The first-order valence-electron chi connectivity index (χ1n) is 6.39. The van der Waals surface area contributed by atoms with Crippen molar-refractivity contribution in [2.75, 3.05) is 12.8 Å². The Morgan fingerprint density at radius 2 is 2.33 bits per heavy atom. The minimum atomic E-state index is 0.0664. The molecule has 0 atom stereocenters. The zero-order valence-corrected chi connectivity index (χ0v) is 12.3. The van der Waals surface area contributed by atoms with Gasteiger partial charge in [0.25, 0.3) is 5.91 Å². The molecule has 2 nitrogen and oxygen atoms in total. The Hall–Kier alpha value is -0.740. The third-order valence-corrected chi connectivity index (χ3v) is 5.29. The predicted octanol–water partition coefficient (Wildman–Crippen LogP) is 4.09. The summed E-state index contributed by atoms with van der Waals surface area (Å²) in [6.45, 7) is 0.761. The smallest absolute Gasteiger partial charge is 0.261 e. The molecule has 1 amide bonds. The molecule has 0 saturated carbocycles. The van der Waals surface area contributed by atoms with Crippen molar-refractivity contribution in [2.24, 2.45) is 0 Å². The van der Waals surface area contributed by atoms with E-state index in [1.165, 1.54) is 35.5 Å². The van der Waals surface area contributed by atoms with Crippen molar-refractivity contribution in [3.63, 3.8) is 0 Å². The zero-order chi connectivity index (χ0) is 12.8. The molecule has 2 rings (SSSR count). The highest BCUT2D eigenvalue weighted by Gasteiger charge is 2.09. The second kappa shape index (κ2) is 7.00. The summed E-state index contributed by atoms with van der Waals surface area (Å²) in [6, 6.07) is 3.92. The fourth-order valence-electron chi connectivity index (χ4n) is 2.11. The van der Waals surface area contributed by atoms with E-state index in [1.54, 1.807) is 23.1 Å². The molecule has 1 aromatic heterocycles. The Balaban J connectivity index is 1.76. The number of amides is 1. The Morgan fingerprint density at radius 3 is 3.00 bits per heavy atom. The van der Waals surface area contributed by atoms with Gasteiger partial charge in [-0.25, -0.2) is 0 Å². The number of allylic oxidation sites excluding steroid dienone is 1. The fourth-order valence-corrected chi connectivity index (χ4v) is 3.57. The average Bonchev–Trinajstić information content (AvgIpc) is 2.89. The van der Waals surface area contributed by atoms with Gasteiger partial charge in [-0.05, 0) is 50.5 Å². The van der Waals surface area contributed by atoms with Crippen LogP contribution in [0.4, 0.5) is 0 Å². The first kappa shape index (κ1) is 13.7. The fraction of sp³-hybridized carbons (Fsp3) is 0.500. The van der Waals surface area contributed by atoms with E-state index in [9.17, 15) is 4.79 Å². The van der Waals surface area contributed by atoms with Crippen LogP contribution in [0.2, 0.25) is 0 Å². The highest BCUT2D eigenvalue weighted by Crippen LogP contribution is 2.25. The summed E-state index contributed by atoms with van der Waals surface area (Å²) in [5.74, 6) is 0.0664. The Kier molecular flexibility index (Phi) is 5.32. The second-order valence-corrected chi connectivity index (χ2v) is 6.63. The molecule has 4 heteroatoms. The van der Waals surface area contributed by atoms with Gasteiger partial charge in [0.2, 0.25) is 0 Å². The van der Waals surface area contributed by atoms with Gasteiger partial charge in [-0.1, -0.05) is 11.6 Å². The normalized spacial score (nSPS) is 15.3. The minimum absolute atomic E-state index is 0.0664. The summed E-state index contributed by atoms with van der Waals surface area (Å²) in [7, 11) is 0. The first-order chi connectivity index (χ1) is 8.79. The van der Waals surface area contributed by atoms with E-state index in [0.29, 0.717) is 0 Å². The Labute approximate surface area is 117 Å². The lowest BCUT2D eigenvalue weighted by molar-refractivity contribution is 0.0958. The van der Waals surface area contributed by atoms with Crippen molar-refractivity contribution in [2.45, 2.75) is 36.3 Å². The lowest BCUT2D eigenvalue weighted by Gasteiger charge is -2.12. The van der Waals surface area contributed by atoms with E-state index in [1.807, 2.05) is 18.4 Å². The topological polar surface area (TPSA) is 29.1 Å². The number of thiophene rings is 1. The number of thioether (sulfide) groups is 1. The highest BCUT2D eigenvalue weighted by atomic mass is 32.2. The number of nitrogens with one attached hydrogen (secondary N) is 1. The molecule has 0 aliphatic heterocycles. The van der Waals surface area contributed by atoms with E-state index in [4.69, 9.17) is 0 Å². The number of hydrogen-bond donors (Lipinski definition) is 1. The van der Waals surface area contributed by atoms with Gasteiger partial charge in [-0.3, -0.25) is 4.79 Å². The van der Waals surface area contributed by atoms with Crippen LogP contribution in [0.25, 0.3) is 0 Å². The maximum atomic E-state index is 11.9. The van der Waals surface area contributed by atoms with Crippen LogP contribution in [0.3, 0.4) is 0 Å². The summed E-state index contributed by atoms with van der Waals surface area (Å²) < 4.78 is 1.19. The maximum absolute atomic E-state index is 11.9. The van der Waals surface area contributed by atoms with Crippen LogP contribution in [-0.2, 0) is 0 Å². The molecule has 0 aromatic carbocycles. The third kappa shape index (κ3) is 3.89. The van der Waals surface area contributed by atoms with Crippen LogP contribution < -0.4 is 5.32 Å². The van der Waals surface area contributed by atoms with Gasteiger partial charge >= 0.3 is 0 Å². The van der Waals surface area contributed by atoms with Gasteiger partial charge in [0.05, 0.1) is 9.09 Å². The van der Waals surface area contributed by atoms with E-state index < -0.39 is 0 Å². The number of carbonyl (C=O) groups excluding carboxylic acids is 1. The van der Waals surface area contributed by atoms with Gasteiger partial charge in [-0.15, -0.1) is 23.1 Å². The molecule has 0 spiro atoms. The third-order valence-electron chi connectivity index (χ3n) is 3.12. The first-order valence-corrected chi connectivity index (χ1v) is 8.43. The Morgan fingerprint density at radius 1 is 1.44 bits per heavy atom. The number of hydrogen-bond acceptors (Lipinski definition) is 3. The molecule has 0 bridgehead atoms. The summed E-state index contributed by atoms with van der Waals surface area (Å²) in [5.41, 5.74) is 1.51. The molecule has 0 saturated heterocycles. The van der Waals surface area contributed by atoms with Crippen molar-refractivity contribution in [1.82, 2.24) is 5.32 Å². The molecule has 18 heavy (non-hydrogen) atoms. The lowest BCUT2D eigenvalue weighted by Crippen LogP contribution is -2.23. The van der Waals surface area contributed by atoms with Gasteiger partial charge in [0.1, 0.15) is 0 Å². The van der Waals surface area contributed by atoms with E-state index in [0.717, 1.165) is 17.8 Å². The molecule has 98 valence electrons. The van der Waals surface area contributed by atoms with Crippen LogP contribution in [-0.4, -0.2) is 18.7 Å². The van der Waals surface area contributed by atoms with Crippen LogP contribution in [0.1, 0.15) is 41.8 Å². The summed E-state index contributed by atoms with van der Waals surface area (Å²) in [5, 5.41) is 3.01. The molecule has 0 radical (unpaired) electrons. The van der Waals surface area contributed by atoms with Crippen LogP contribution >= 0.6 is 23.1 Å². The Bertz CT molecular complexity index is 437. The molecule has 0 fully saturated rings. The van der Waals surface area contributed by atoms with Gasteiger partial charge in [0, 0.05) is 6.54 Å². The second-order valence-electron chi connectivity index (χ2n) is 4.44. The number of carbonyl (C=O) groups is 1. The van der Waals surface area contributed by atoms with Crippen molar-refractivity contribution in [3.05, 3.63) is 28.7 Å². The standard InChI is InChI=1S/C14H19NOS2/c1-17-13-8-7-12(18-13)14(16)15-10-9-11-5-3-2-4-6-11/h5,7-8H,2-4,6,9-10H2,1H3,(H,15,16). The van der Waals surface area contributed by atoms with E-state index in [2.05, 4.69) is 11.4 Å². The van der Waals surface area contributed by atoms with Crippen molar-refractivity contribution >= 4 is 29.0 Å². The predicted molar refractivity (Wildman–Crippen MR) is 79.6 cm³/mol. The monoisotopic (exact) mass is 281 g/mol. The van der Waals surface area contributed by atoms with Crippen molar-refractivity contribution < 1.29 is 4.79 Å². The molecular formula is C14H19NOS2. The van der Waals surface area contributed by atoms with E-state index >= 15 is 0 Å². The summed E-state index contributed by atoms with van der Waals surface area (Å²) >= 11 is 3.25.